The molecule has 1 aromatic carbocycles. The predicted octanol–water partition coefficient (Wildman–Crippen LogP) is 4.06. The van der Waals surface area contributed by atoms with Gasteiger partial charge in [0.2, 0.25) is 0 Å². The lowest BCUT2D eigenvalue weighted by atomic mass is 9.80. The van der Waals surface area contributed by atoms with Crippen molar-refractivity contribution >= 4 is 11.6 Å². The van der Waals surface area contributed by atoms with Crippen LogP contribution < -0.4 is 0 Å². The van der Waals surface area contributed by atoms with Crippen LogP contribution in [0.15, 0.2) is 36.7 Å². The minimum atomic E-state index is 0.462. The molecule has 1 aromatic heterocycles. The Hall–Kier alpha value is -1.41. The van der Waals surface area contributed by atoms with Crippen molar-refractivity contribution in [2.45, 2.75) is 25.2 Å². The van der Waals surface area contributed by atoms with Gasteiger partial charge in [-0.15, -0.1) is 0 Å². The van der Waals surface area contributed by atoms with Gasteiger partial charge in [-0.05, 0) is 24.3 Å². The van der Waals surface area contributed by atoms with E-state index in [1.54, 1.807) is 12.4 Å². The third-order valence-corrected chi connectivity index (χ3v) is 3.69. The molecule has 0 radical (unpaired) electrons. The second kappa shape index (κ2) is 4.46. The average molecular weight is 245 g/mol. The van der Waals surface area contributed by atoms with Gasteiger partial charge in [-0.2, -0.15) is 0 Å². The van der Waals surface area contributed by atoms with E-state index in [-0.39, 0.29) is 0 Å². The second-order valence-corrected chi connectivity index (χ2v) is 4.80. The number of aromatic nitrogens is 2. The molecular weight excluding hydrogens is 232 g/mol. The van der Waals surface area contributed by atoms with Crippen LogP contribution in [0.2, 0.25) is 5.15 Å². The molecule has 0 amide bonds. The lowest BCUT2D eigenvalue weighted by molar-refractivity contribution is 0.420. The molecule has 0 unspecified atom stereocenters. The molecule has 0 aliphatic heterocycles. The summed E-state index contributed by atoms with van der Waals surface area (Å²) in [5.74, 6) is 0.765. The fourth-order valence-electron chi connectivity index (χ4n) is 2.17. The Morgan fingerprint density at radius 2 is 1.71 bits per heavy atom. The summed E-state index contributed by atoms with van der Waals surface area (Å²) in [6.07, 6.45) is 7.29. The first kappa shape index (κ1) is 10.7. The molecule has 2 nitrogen and oxygen atoms in total. The molecule has 0 atom stereocenters. The minimum Gasteiger partial charge on any atom is -0.251 e. The van der Waals surface area contributed by atoms with Gasteiger partial charge in [0.1, 0.15) is 5.69 Å². The topological polar surface area (TPSA) is 25.8 Å². The van der Waals surface area contributed by atoms with E-state index >= 15 is 0 Å². The molecule has 1 saturated carbocycles. The Labute approximate surface area is 106 Å². The fraction of sp³-hybridized carbons (Fsp3) is 0.286. The van der Waals surface area contributed by atoms with Crippen molar-refractivity contribution in [1.29, 1.82) is 0 Å². The molecule has 17 heavy (non-hydrogen) atoms. The van der Waals surface area contributed by atoms with Crippen LogP contribution >= 0.6 is 11.6 Å². The van der Waals surface area contributed by atoms with Crippen LogP contribution in [-0.4, -0.2) is 9.97 Å². The van der Waals surface area contributed by atoms with E-state index in [4.69, 9.17) is 11.6 Å². The highest BCUT2D eigenvalue weighted by molar-refractivity contribution is 6.31. The average Bonchev–Trinajstić information content (AvgIpc) is 2.29. The van der Waals surface area contributed by atoms with Crippen molar-refractivity contribution in [3.8, 4) is 11.3 Å². The van der Waals surface area contributed by atoms with Gasteiger partial charge in [-0.3, -0.25) is 4.98 Å². The van der Waals surface area contributed by atoms with Gasteiger partial charge in [-0.1, -0.05) is 42.3 Å². The van der Waals surface area contributed by atoms with E-state index in [0.717, 1.165) is 17.2 Å². The molecular formula is C14H13ClN2. The monoisotopic (exact) mass is 244 g/mol. The Bertz CT molecular complexity index is 518. The summed E-state index contributed by atoms with van der Waals surface area (Å²) in [4.78, 5) is 8.31. The third-order valence-electron chi connectivity index (χ3n) is 3.41. The van der Waals surface area contributed by atoms with Gasteiger partial charge in [0.25, 0.3) is 0 Å². The highest BCUT2D eigenvalue weighted by atomic mass is 35.5. The molecule has 1 aliphatic rings. The first-order valence-electron chi connectivity index (χ1n) is 5.91. The summed E-state index contributed by atoms with van der Waals surface area (Å²) >= 11 is 6.03. The van der Waals surface area contributed by atoms with Crippen molar-refractivity contribution in [1.82, 2.24) is 9.97 Å². The molecule has 0 saturated heterocycles. The Morgan fingerprint density at radius 1 is 1.00 bits per heavy atom. The number of rotatable bonds is 2. The van der Waals surface area contributed by atoms with Gasteiger partial charge >= 0.3 is 0 Å². The van der Waals surface area contributed by atoms with E-state index < -0.39 is 0 Å². The van der Waals surface area contributed by atoms with E-state index in [1.165, 1.54) is 24.8 Å². The molecule has 3 heteroatoms. The summed E-state index contributed by atoms with van der Waals surface area (Å²) in [6.45, 7) is 0. The van der Waals surface area contributed by atoms with Crippen LogP contribution in [0.3, 0.4) is 0 Å². The third kappa shape index (κ3) is 2.05. The van der Waals surface area contributed by atoms with Gasteiger partial charge in [-0.25, -0.2) is 4.98 Å². The predicted molar refractivity (Wildman–Crippen MR) is 69.1 cm³/mol. The first-order valence-corrected chi connectivity index (χ1v) is 6.29. The van der Waals surface area contributed by atoms with Crippen molar-refractivity contribution in [3.63, 3.8) is 0 Å². The highest BCUT2D eigenvalue weighted by Gasteiger charge is 2.19. The van der Waals surface area contributed by atoms with Gasteiger partial charge in [0.15, 0.2) is 5.15 Å². The summed E-state index contributed by atoms with van der Waals surface area (Å²) < 4.78 is 0. The van der Waals surface area contributed by atoms with Gasteiger partial charge in [0.05, 0.1) is 0 Å². The SMILES string of the molecule is Clc1nccnc1-c1ccc(C2CCC2)cc1. The molecule has 0 bridgehead atoms. The number of benzene rings is 1. The molecule has 1 aliphatic carbocycles. The van der Waals surface area contributed by atoms with Gasteiger partial charge < -0.3 is 0 Å². The Kier molecular flexibility index (Phi) is 2.81. The van der Waals surface area contributed by atoms with E-state index in [0.29, 0.717) is 5.15 Å². The van der Waals surface area contributed by atoms with Gasteiger partial charge in [0, 0.05) is 18.0 Å². The zero-order chi connectivity index (χ0) is 11.7. The molecule has 0 N–H and O–H groups in total. The molecule has 0 spiro atoms. The fourth-order valence-corrected chi connectivity index (χ4v) is 2.38. The van der Waals surface area contributed by atoms with Crippen LogP contribution in [0.25, 0.3) is 11.3 Å². The van der Waals surface area contributed by atoms with Crippen LogP contribution in [0.5, 0.6) is 0 Å². The van der Waals surface area contributed by atoms with Crippen LogP contribution in [0.4, 0.5) is 0 Å². The van der Waals surface area contributed by atoms with Crippen LogP contribution in [-0.2, 0) is 0 Å². The van der Waals surface area contributed by atoms with E-state index in [2.05, 4.69) is 34.2 Å². The van der Waals surface area contributed by atoms with Crippen LogP contribution in [0.1, 0.15) is 30.7 Å². The molecule has 86 valence electrons. The van der Waals surface area contributed by atoms with Crippen molar-refractivity contribution < 1.29 is 0 Å². The number of hydrogen-bond acceptors (Lipinski definition) is 2. The highest BCUT2D eigenvalue weighted by Crippen LogP contribution is 2.37. The Balaban J connectivity index is 1.91. The molecule has 3 rings (SSSR count). The largest absolute Gasteiger partial charge is 0.251 e. The van der Waals surface area contributed by atoms with Crippen molar-refractivity contribution in [2.24, 2.45) is 0 Å². The quantitative estimate of drug-likeness (QED) is 0.796. The van der Waals surface area contributed by atoms with E-state index in [1.807, 2.05) is 0 Å². The summed E-state index contributed by atoms with van der Waals surface area (Å²) in [5.41, 5.74) is 3.22. The number of nitrogens with zero attached hydrogens (tertiary/aromatic N) is 2. The second-order valence-electron chi connectivity index (χ2n) is 4.45. The number of hydrogen-bond donors (Lipinski definition) is 0. The first-order chi connectivity index (χ1) is 8.34. The maximum absolute atomic E-state index is 6.03. The van der Waals surface area contributed by atoms with Crippen molar-refractivity contribution in [3.05, 3.63) is 47.4 Å². The zero-order valence-corrected chi connectivity index (χ0v) is 10.2. The lowest BCUT2D eigenvalue weighted by Gasteiger charge is -2.25. The molecule has 2 aromatic rings. The zero-order valence-electron chi connectivity index (χ0n) is 9.44. The number of halogens is 1. The summed E-state index contributed by atoms with van der Waals surface area (Å²) in [6, 6.07) is 8.54. The molecule has 1 fully saturated rings. The van der Waals surface area contributed by atoms with Crippen molar-refractivity contribution in [2.75, 3.05) is 0 Å². The minimum absolute atomic E-state index is 0.462. The van der Waals surface area contributed by atoms with Crippen LogP contribution in [0, 0.1) is 0 Å². The smallest absolute Gasteiger partial charge is 0.155 e. The molecule has 1 heterocycles. The normalized spacial score (nSPS) is 15.6. The lowest BCUT2D eigenvalue weighted by Crippen LogP contribution is -2.08. The summed E-state index contributed by atoms with van der Waals surface area (Å²) in [5, 5.41) is 0.462. The van der Waals surface area contributed by atoms with E-state index in [9.17, 15) is 0 Å². The Morgan fingerprint density at radius 3 is 2.29 bits per heavy atom. The maximum atomic E-state index is 6.03. The standard InChI is InChI=1S/C14H13ClN2/c15-14-13(16-8-9-17-14)12-6-4-11(5-7-12)10-2-1-3-10/h4-10H,1-3H2. The maximum Gasteiger partial charge on any atom is 0.155 e. The summed E-state index contributed by atoms with van der Waals surface area (Å²) in [7, 11) is 0.